The second-order valence-electron chi connectivity index (χ2n) is 6.70. The molecule has 1 unspecified atom stereocenters. The summed E-state index contributed by atoms with van der Waals surface area (Å²) in [7, 11) is 5.72. The van der Waals surface area contributed by atoms with Crippen LogP contribution in [-0.4, -0.2) is 63.1 Å². The second-order valence-corrected chi connectivity index (χ2v) is 6.70. The predicted molar refractivity (Wildman–Crippen MR) is 121 cm³/mol. The minimum atomic E-state index is 0. The molecule has 1 fully saturated rings. The third-order valence-electron chi connectivity index (χ3n) is 4.95. The molecule has 0 amide bonds. The average Bonchev–Trinajstić information content (AvgIpc) is 3.18. The van der Waals surface area contributed by atoms with Crippen molar-refractivity contribution in [1.82, 2.24) is 15.1 Å². The molecule has 1 aromatic carbocycles. The smallest absolute Gasteiger partial charge is 0.193 e. The largest absolute Gasteiger partial charge is 0.496 e. The summed E-state index contributed by atoms with van der Waals surface area (Å²) in [5, 5.41) is 3.58. The number of nitrogens with zero attached hydrogens (tertiary/aromatic N) is 3. The first-order valence-corrected chi connectivity index (χ1v) is 9.50. The van der Waals surface area contributed by atoms with Crippen molar-refractivity contribution in [2.24, 2.45) is 4.99 Å². The zero-order valence-corrected chi connectivity index (χ0v) is 19.0. The number of para-hydroxylation sites is 1. The lowest BCUT2D eigenvalue weighted by molar-refractivity contribution is 0.238. The van der Waals surface area contributed by atoms with Crippen molar-refractivity contribution in [2.45, 2.75) is 38.6 Å². The summed E-state index contributed by atoms with van der Waals surface area (Å²) in [4.78, 5) is 9.23. The number of halogens is 1. The van der Waals surface area contributed by atoms with Crippen molar-refractivity contribution in [2.75, 3.05) is 47.4 Å². The first-order valence-electron chi connectivity index (χ1n) is 9.50. The van der Waals surface area contributed by atoms with Gasteiger partial charge in [0, 0.05) is 32.7 Å². The molecule has 1 aliphatic heterocycles. The molecular weight excluding hydrogens is 439 g/mol. The Hall–Kier alpha value is -1.02. The Bertz CT molecular complexity index is 546. The summed E-state index contributed by atoms with van der Waals surface area (Å²) < 4.78 is 5.62. The molecule has 1 aromatic rings. The number of hydrogen-bond acceptors (Lipinski definition) is 3. The van der Waals surface area contributed by atoms with Crippen LogP contribution in [-0.2, 0) is 0 Å². The summed E-state index contributed by atoms with van der Waals surface area (Å²) in [6.45, 7) is 6.38. The zero-order valence-electron chi connectivity index (χ0n) is 16.7. The van der Waals surface area contributed by atoms with Crippen LogP contribution in [0.5, 0.6) is 5.75 Å². The van der Waals surface area contributed by atoms with Gasteiger partial charge in [-0.15, -0.1) is 24.0 Å². The van der Waals surface area contributed by atoms with E-state index >= 15 is 0 Å². The molecule has 1 atom stereocenters. The number of unbranched alkanes of at least 4 members (excludes halogenated alkanes) is 1. The van der Waals surface area contributed by atoms with Gasteiger partial charge in [0.2, 0.25) is 0 Å². The highest BCUT2D eigenvalue weighted by Gasteiger charge is 2.26. The number of hydrogen-bond donors (Lipinski definition) is 1. The average molecular weight is 474 g/mol. The topological polar surface area (TPSA) is 40.1 Å². The molecule has 0 aliphatic carbocycles. The third kappa shape index (κ3) is 6.30. The Labute approximate surface area is 176 Å². The van der Waals surface area contributed by atoms with E-state index in [9.17, 15) is 0 Å². The van der Waals surface area contributed by atoms with E-state index in [-0.39, 0.29) is 24.0 Å². The molecule has 1 heterocycles. The first kappa shape index (κ1) is 23.0. The van der Waals surface area contributed by atoms with Crippen molar-refractivity contribution < 1.29 is 4.74 Å². The Balaban J connectivity index is 0.00000338. The fourth-order valence-electron chi connectivity index (χ4n) is 3.50. The summed E-state index contributed by atoms with van der Waals surface area (Å²) in [6.07, 6.45) is 4.92. The summed E-state index contributed by atoms with van der Waals surface area (Å²) >= 11 is 0. The highest BCUT2D eigenvalue weighted by atomic mass is 127. The van der Waals surface area contributed by atoms with Gasteiger partial charge in [-0.2, -0.15) is 0 Å². The molecule has 26 heavy (non-hydrogen) atoms. The van der Waals surface area contributed by atoms with Crippen LogP contribution in [0.4, 0.5) is 0 Å². The fraction of sp³-hybridized carbons (Fsp3) is 0.650. The van der Waals surface area contributed by atoms with Gasteiger partial charge in [-0.3, -0.25) is 9.89 Å². The number of guanidine groups is 1. The number of rotatable bonds is 8. The lowest BCUT2D eigenvalue weighted by atomic mass is 10.0. The molecule has 1 N–H and O–H groups in total. The quantitative estimate of drug-likeness (QED) is 0.354. The Morgan fingerprint density at radius 2 is 2.00 bits per heavy atom. The van der Waals surface area contributed by atoms with Crippen LogP contribution in [0.25, 0.3) is 0 Å². The number of aliphatic imine (C=N–C) groups is 1. The van der Waals surface area contributed by atoms with Crippen molar-refractivity contribution in [1.29, 1.82) is 0 Å². The standard InChI is InChI=1S/C20H34N4O.HI/c1-5-6-13-23(3)20(21-2)22-16-18(24-14-9-10-15-24)17-11-7-8-12-19(17)25-4;/h7-8,11-12,18H,5-6,9-10,13-16H2,1-4H3,(H,21,22);1H. The van der Waals surface area contributed by atoms with Gasteiger partial charge in [-0.25, -0.2) is 0 Å². The maximum absolute atomic E-state index is 5.62. The van der Waals surface area contributed by atoms with Crippen molar-refractivity contribution in [3.8, 4) is 5.75 Å². The fourth-order valence-corrected chi connectivity index (χ4v) is 3.50. The predicted octanol–water partition coefficient (Wildman–Crippen LogP) is 3.76. The van der Waals surface area contributed by atoms with Gasteiger partial charge >= 0.3 is 0 Å². The minimum absolute atomic E-state index is 0. The molecule has 0 radical (unpaired) electrons. The Morgan fingerprint density at radius 3 is 2.62 bits per heavy atom. The van der Waals surface area contributed by atoms with Crippen LogP contribution in [0.3, 0.4) is 0 Å². The molecule has 2 rings (SSSR count). The third-order valence-corrected chi connectivity index (χ3v) is 4.95. The molecule has 148 valence electrons. The monoisotopic (exact) mass is 474 g/mol. The van der Waals surface area contributed by atoms with Crippen LogP contribution in [0.15, 0.2) is 29.3 Å². The van der Waals surface area contributed by atoms with Gasteiger partial charge in [0.05, 0.1) is 13.2 Å². The van der Waals surface area contributed by atoms with E-state index in [0.29, 0.717) is 6.04 Å². The van der Waals surface area contributed by atoms with Crippen molar-refractivity contribution in [3.05, 3.63) is 29.8 Å². The highest BCUT2D eigenvalue weighted by Crippen LogP contribution is 2.31. The van der Waals surface area contributed by atoms with E-state index < -0.39 is 0 Å². The van der Waals surface area contributed by atoms with Crippen molar-refractivity contribution >= 4 is 29.9 Å². The summed E-state index contributed by atoms with van der Waals surface area (Å²) in [5.74, 6) is 1.93. The van der Waals surface area contributed by atoms with Crippen LogP contribution >= 0.6 is 24.0 Å². The minimum Gasteiger partial charge on any atom is -0.496 e. The van der Waals surface area contributed by atoms with E-state index in [1.54, 1.807) is 7.11 Å². The van der Waals surface area contributed by atoms with Gasteiger partial charge in [0.1, 0.15) is 5.75 Å². The highest BCUT2D eigenvalue weighted by molar-refractivity contribution is 14.0. The number of benzene rings is 1. The van der Waals surface area contributed by atoms with Crippen LogP contribution in [0, 0.1) is 0 Å². The van der Waals surface area contributed by atoms with Crippen LogP contribution < -0.4 is 10.1 Å². The zero-order chi connectivity index (χ0) is 18.1. The molecule has 0 saturated carbocycles. The molecule has 0 spiro atoms. The molecule has 0 aromatic heterocycles. The van der Waals surface area contributed by atoms with E-state index in [2.05, 4.69) is 52.3 Å². The van der Waals surface area contributed by atoms with Gasteiger partial charge in [0.25, 0.3) is 0 Å². The van der Waals surface area contributed by atoms with E-state index in [1.165, 1.54) is 31.2 Å². The van der Waals surface area contributed by atoms with E-state index in [4.69, 9.17) is 4.74 Å². The van der Waals surface area contributed by atoms with Crippen LogP contribution in [0.2, 0.25) is 0 Å². The summed E-state index contributed by atoms with van der Waals surface area (Å²) in [5.41, 5.74) is 1.26. The Morgan fingerprint density at radius 1 is 1.31 bits per heavy atom. The van der Waals surface area contributed by atoms with E-state index in [1.807, 2.05) is 13.1 Å². The molecule has 1 saturated heterocycles. The normalized spacial score (nSPS) is 16.1. The number of methoxy groups -OCH3 is 1. The lowest BCUT2D eigenvalue weighted by Gasteiger charge is -2.31. The molecule has 5 nitrogen and oxygen atoms in total. The SMILES string of the molecule is CCCCN(C)C(=NC)NCC(c1ccccc1OC)N1CCCC1.I. The van der Waals surface area contributed by atoms with Gasteiger partial charge in [-0.1, -0.05) is 31.5 Å². The lowest BCUT2D eigenvalue weighted by Crippen LogP contribution is -2.43. The van der Waals surface area contributed by atoms with Crippen LogP contribution in [0.1, 0.15) is 44.2 Å². The molecular formula is C20H35IN4O. The number of likely N-dealkylation sites (tertiary alicyclic amines) is 1. The maximum atomic E-state index is 5.62. The van der Waals surface area contributed by atoms with Gasteiger partial charge in [0.15, 0.2) is 5.96 Å². The Kier molecular flexibility index (Phi) is 11.0. The van der Waals surface area contributed by atoms with E-state index in [0.717, 1.165) is 37.9 Å². The van der Waals surface area contributed by atoms with Gasteiger partial charge in [-0.05, 0) is 38.4 Å². The molecule has 0 bridgehead atoms. The number of ether oxygens (including phenoxy) is 1. The number of nitrogens with one attached hydrogen (secondary N) is 1. The van der Waals surface area contributed by atoms with Crippen molar-refractivity contribution in [3.63, 3.8) is 0 Å². The molecule has 1 aliphatic rings. The maximum Gasteiger partial charge on any atom is 0.193 e. The summed E-state index contributed by atoms with van der Waals surface area (Å²) in [6, 6.07) is 8.68. The van der Waals surface area contributed by atoms with Gasteiger partial charge < -0.3 is 15.0 Å². The second kappa shape index (κ2) is 12.4. The first-order chi connectivity index (χ1) is 12.2. The molecule has 6 heteroatoms.